The summed E-state index contributed by atoms with van der Waals surface area (Å²) < 4.78 is 27.1. The number of hydrogen-bond acceptors (Lipinski definition) is 4. The van der Waals surface area contributed by atoms with E-state index < -0.39 is 10.0 Å². The molecule has 3 rings (SSSR count). The Morgan fingerprint density at radius 3 is 2.10 bits per heavy atom. The molecule has 6 heteroatoms. The lowest BCUT2D eigenvalue weighted by molar-refractivity contribution is 0.601. The summed E-state index contributed by atoms with van der Waals surface area (Å²) in [5.41, 5.74) is 1.92. The van der Waals surface area contributed by atoms with Gasteiger partial charge >= 0.3 is 0 Å². The molecule has 0 saturated carbocycles. The first-order valence-electron chi connectivity index (χ1n) is 6.37. The number of nitrogens with one attached hydrogen (secondary N) is 1. The largest absolute Gasteiger partial charge is 0.263 e. The van der Waals surface area contributed by atoms with Gasteiger partial charge < -0.3 is 0 Å². The minimum atomic E-state index is -3.66. The van der Waals surface area contributed by atoms with Crippen LogP contribution in [-0.2, 0) is 10.0 Å². The number of benzene rings is 2. The van der Waals surface area contributed by atoms with Crippen molar-refractivity contribution in [3.8, 4) is 0 Å². The summed E-state index contributed by atoms with van der Waals surface area (Å²) in [7, 11) is -3.66. The second-order valence-electron chi connectivity index (χ2n) is 4.56. The fourth-order valence-electron chi connectivity index (χ4n) is 1.97. The Bertz CT molecular complexity index is 893. The Labute approximate surface area is 122 Å². The van der Waals surface area contributed by atoms with Crippen molar-refractivity contribution in [2.24, 2.45) is 0 Å². The summed E-state index contributed by atoms with van der Waals surface area (Å²) in [6.45, 7) is 1.72. The second-order valence-corrected chi connectivity index (χ2v) is 6.25. The highest BCUT2D eigenvalue weighted by Gasteiger charge is 2.16. The number of aromatic nitrogens is 2. The molecule has 0 radical (unpaired) electrons. The topological polar surface area (TPSA) is 72.0 Å². The highest BCUT2D eigenvalue weighted by molar-refractivity contribution is 7.92. The summed E-state index contributed by atoms with van der Waals surface area (Å²) in [5, 5.41) is 0. The van der Waals surface area contributed by atoms with Crippen molar-refractivity contribution in [1.82, 2.24) is 9.97 Å². The molecule has 1 aromatic heterocycles. The first-order valence-corrected chi connectivity index (χ1v) is 7.86. The highest BCUT2D eigenvalue weighted by atomic mass is 32.2. The first kappa shape index (κ1) is 13.5. The van der Waals surface area contributed by atoms with Crippen molar-refractivity contribution in [1.29, 1.82) is 0 Å². The van der Waals surface area contributed by atoms with Gasteiger partial charge in [-0.1, -0.05) is 30.3 Å². The molecular formula is C15H13N3O2S. The van der Waals surface area contributed by atoms with Gasteiger partial charge in [0.05, 0.1) is 21.6 Å². The third-order valence-corrected chi connectivity index (χ3v) is 4.38. The Morgan fingerprint density at radius 2 is 1.43 bits per heavy atom. The van der Waals surface area contributed by atoms with Crippen LogP contribution in [0.5, 0.6) is 0 Å². The number of hydrogen-bond donors (Lipinski definition) is 1. The normalized spacial score (nSPS) is 11.5. The van der Waals surface area contributed by atoms with Crippen LogP contribution in [0.3, 0.4) is 0 Å². The SMILES string of the molecule is Cc1nc2ccccc2nc1NS(=O)(=O)c1ccccc1. The van der Waals surface area contributed by atoms with Gasteiger partial charge in [0.15, 0.2) is 5.82 Å². The fourth-order valence-corrected chi connectivity index (χ4v) is 3.05. The number of rotatable bonds is 3. The molecule has 5 nitrogen and oxygen atoms in total. The van der Waals surface area contributed by atoms with Crippen molar-refractivity contribution in [3.63, 3.8) is 0 Å². The van der Waals surface area contributed by atoms with Crippen LogP contribution in [0, 0.1) is 6.92 Å². The van der Waals surface area contributed by atoms with Crippen molar-refractivity contribution in [2.75, 3.05) is 4.72 Å². The van der Waals surface area contributed by atoms with Crippen LogP contribution < -0.4 is 4.72 Å². The molecule has 0 aliphatic rings. The minimum absolute atomic E-state index is 0.194. The van der Waals surface area contributed by atoms with Gasteiger partial charge in [0.25, 0.3) is 10.0 Å². The summed E-state index contributed by atoms with van der Waals surface area (Å²) in [4.78, 5) is 8.89. The second kappa shape index (κ2) is 5.14. The molecule has 0 saturated heterocycles. The maximum absolute atomic E-state index is 12.3. The van der Waals surface area contributed by atoms with Gasteiger partial charge in [-0.15, -0.1) is 0 Å². The Morgan fingerprint density at radius 1 is 0.857 bits per heavy atom. The molecular weight excluding hydrogens is 286 g/mol. The van der Waals surface area contributed by atoms with Gasteiger partial charge in [-0.3, -0.25) is 4.72 Å². The van der Waals surface area contributed by atoms with Crippen LogP contribution in [0.25, 0.3) is 11.0 Å². The van der Waals surface area contributed by atoms with E-state index in [9.17, 15) is 8.42 Å². The highest BCUT2D eigenvalue weighted by Crippen LogP contribution is 2.19. The Kier molecular flexibility index (Phi) is 3.31. The Hall–Kier alpha value is -2.47. The predicted molar refractivity (Wildman–Crippen MR) is 81.5 cm³/mol. The van der Waals surface area contributed by atoms with E-state index in [0.29, 0.717) is 11.2 Å². The standard InChI is InChI=1S/C15H13N3O2S/c1-11-15(17-14-10-6-5-9-13(14)16-11)18-21(19,20)12-7-3-2-4-8-12/h2-10H,1H3,(H,17,18). The fraction of sp³-hybridized carbons (Fsp3) is 0.0667. The lowest BCUT2D eigenvalue weighted by atomic mass is 10.3. The van der Waals surface area contributed by atoms with Crippen molar-refractivity contribution >= 4 is 26.9 Å². The molecule has 0 atom stereocenters. The molecule has 1 N–H and O–H groups in total. The average Bonchev–Trinajstić information content (AvgIpc) is 2.49. The van der Waals surface area contributed by atoms with E-state index in [1.807, 2.05) is 18.2 Å². The van der Waals surface area contributed by atoms with Crippen LogP contribution in [0.2, 0.25) is 0 Å². The zero-order valence-corrected chi connectivity index (χ0v) is 12.1. The predicted octanol–water partition coefficient (Wildman–Crippen LogP) is 2.74. The number of fused-ring (bicyclic) bond motifs is 1. The van der Waals surface area contributed by atoms with Crippen LogP contribution in [-0.4, -0.2) is 18.4 Å². The Balaban J connectivity index is 2.04. The van der Waals surface area contributed by atoms with E-state index in [1.165, 1.54) is 12.1 Å². The molecule has 0 unspecified atom stereocenters. The van der Waals surface area contributed by atoms with Crippen molar-refractivity contribution in [2.45, 2.75) is 11.8 Å². The zero-order chi connectivity index (χ0) is 14.9. The molecule has 3 aromatic rings. The van der Waals surface area contributed by atoms with Gasteiger partial charge in [-0.2, -0.15) is 0 Å². The lowest BCUT2D eigenvalue weighted by Crippen LogP contribution is -2.15. The minimum Gasteiger partial charge on any atom is -0.262 e. The number of sulfonamides is 1. The van der Waals surface area contributed by atoms with Crippen molar-refractivity contribution in [3.05, 3.63) is 60.3 Å². The number of anilines is 1. The number of aryl methyl sites for hydroxylation is 1. The van der Waals surface area contributed by atoms with E-state index in [4.69, 9.17) is 0 Å². The van der Waals surface area contributed by atoms with Crippen LogP contribution in [0.1, 0.15) is 5.69 Å². The summed E-state index contributed by atoms with van der Waals surface area (Å²) >= 11 is 0. The van der Waals surface area contributed by atoms with E-state index >= 15 is 0 Å². The van der Waals surface area contributed by atoms with E-state index in [1.54, 1.807) is 31.2 Å². The molecule has 0 fully saturated rings. The summed E-state index contributed by atoms with van der Waals surface area (Å²) in [6.07, 6.45) is 0. The molecule has 106 valence electrons. The van der Waals surface area contributed by atoms with Gasteiger partial charge in [-0.25, -0.2) is 18.4 Å². The maximum Gasteiger partial charge on any atom is 0.263 e. The van der Waals surface area contributed by atoms with Crippen LogP contribution in [0.4, 0.5) is 5.82 Å². The van der Waals surface area contributed by atoms with Gasteiger partial charge in [0.2, 0.25) is 0 Å². The molecule has 21 heavy (non-hydrogen) atoms. The third-order valence-electron chi connectivity index (χ3n) is 3.03. The zero-order valence-electron chi connectivity index (χ0n) is 11.3. The average molecular weight is 299 g/mol. The van der Waals surface area contributed by atoms with Gasteiger partial charge in [0.1, 0.15) is 0 Å². The van der Waals surface area contributed by atoms with Crippen LogP contribution >= 0.6 is 0 Å². The molecule has 1 heterocycles. The van der Waals surface area contributed by atoms with Crippen molar-refractivity contribution < 1.29 is 8.42 Å². The number of nitrogens with zero attached hydrogens (tertiary/aromatic N) is 2. The number of para-hydroxylation sites is 2. The molecule has 0 bridgehead atoms. The van der Waals surface area contributed by atoms with E-state index in [2.05, 4.69) is 14.7 Å². The summed E-state index contributed by atoms with van der Waals surface area (Å²) in [5.74, 6) is 0.248. The van der Waals surface area contributed by atoms with Gasteiger partial charge in [-0.05, 0) is 31.2 Å². The molecule has 0 amide bonds. The lowest BCUT2D eigenvalue weighted by Gasteiger charge is -2.10. The monoisotopic (exact) mass is 299 g/mol. The van der Waals surface area contributed by atoms with E-state index in [-0.39, 0.29) is 10.7 Å². The molecule has 2 aromatic carbocycles. The quantitative estimate of drug-likeness (QED) is 0.807. The van der Waals surface area contributed by atoms with Gasteiger partial charge in [0, 0.05) is 0 Å². The van der Waals surface area contributed by atoms with Crippen LogP contribution in [0.15, 0.2) is 59.5 Å². The first-order chi connectivity index (χ1) is 10.1. The molecule has 0 aliphatic heterocycles. The maximum atomic E-state index is 12.3. The molecule has 0 spiro atoms. The smallest absolute Gasteiger partial charge is 0.262 e. The van der Waals surface area contributed by atoms with E-state index in [0.717, 1.165) is 5.52 Å². The molecule has 0 aliphatic carbocycles. The summed E-state index contributed by atoms with van der Waals surface area (Å²) in [6, 6.07) is 15.5. The third kappa shape index (κ3) is 2.71.